The van der Waals surface area contributed by atoms with Crippen molar-refractivity contribution in [1.29, 1.82) is 0 Å². The first-order chi connectivity index (χ1) is 13.6. The van der Waals surface area contributed by atoms with E-state index in [0.29, 0.717) is 30.2 Å². The van der Waals surface area contributed by atoms with Crippen LogP contribution in [0.5, 0.6) is 11.5 Å². The van der Waals surface area contributed by atoms with Gasteiger partial charge in [0.1, 0.15) is 17.1 Å². The third kappa shape index (κ3) is 4.51. The fourth-order valence-corrected chi connectivity index (χ4v) is 3.60. The highest BCUT2D eigenvalue weighted by molar-refractivity contribution is 6.03. The summed E-state index contributed by atoms with van der Waals surface area (Å²) >= 11 is 0. The smallest absolute Gasteiger partial charge is 0.237 e. The molecule has 2 aromatic carbocycles. The minimum Gasteiger partial charge on any atom is -0.496 e. The monoisotopic (exact) mass is 382 g/mol. The molecule has 6 heteroatoms. The number of hydrogen-bond donors (Lipinski definition) is 1. The molecule has 2 aromatic rings. The van der Waals surface area contributed by atoms with Crippen molar-refractivity contribution < 1.29 is 19.1 Å². The number of likely N-dealkylation sites (tertiary alicyclic amines) is 1. The second-order valence-corrected chi connectivity index (χ2v) is 6.79. The number of carbonyl (C=O) groups excluding carboxylic acids is 2. The number of rotatable bonds is 8. The summed E-state index contributed by atoms with van der Waals surface area (Å²) in [7, 11) is 3.06. The van der Waals surface area contributed by atoms with Crippen LogP contribution in [-0.2, 0) is 11.3 Å². The molecule has 1 saturated heterocycles. The maximum Gasteiger partial charge on any atom is 0.237 e. The van der Waals surface area contributed by atoms with Gasteiger partial charge in [-0.1, -0.05) is 36.4 Å². The second kappa shape index (κ2) is 9.37. The average molecular weight is 382 g/mol. The number of methoxy groups -OCH3 is 2. The van der Waals surface area contributed by atoms with Crippen LogP contribution in [0.25, 0.3) is 0 Å². The van der Waals surface area contributed by atoms with Gasteiger partial charge in [-0.05, 0) is 37.1 Å². The van der Waals surface area contributed by atoms with Crippen LogP contribution in [0.4, 0.5) is 0 Å². The zero-order chi connectivity index (χ0) is 19.9. The lowest BCUT2D eigenvalue weighted by Crippen LogP contribution is -2.44. The summed E-state index contributed by atoms with van der Waals surface area (Å²) in [5.41, 5.74) is 1.47. The molecular weight excluding hydrogens is 356 g/mol. The van der Waals surface area contributed by atoms with Crippen LogP contribution in [-0.4, -0.2) is 49.9 Å². The number of ether oxygens (including phenoxy) is 2. The van der Waals surface area contributed by atoms with Crippen molar-refractivity contribution in [3.63, 3.8) is 0 Å². The van der Waals surface area contributed by atoms with Crippen LogP contribution in [0.15, 0.2) is 48.5 Å². The fourth-order valence-electron chi connectivity index (χ4n) is 3.60. The second-order valence-electron chi connectivity index (χ2n) is 6.79. The van der Waals surface area contributed by atoms with E-state index in [-0.39, 0.29) is 24.3 Å². The molecule has 1 aliphatic heterocycles. The first kappa shape index (κ1) is 19.9. The summed E-state index contributed by atoms with van der Waals surface area (Å²) in [6.07, 6.45) is 1.64. The van der Waals surface area contributed by atoms with Gasteiger partial charge in [0.25, 0.3) is 0 Å². The minimum atomic E-state index is -0.298. The number of nitrogens with zero attached hydrogens (tertiary/aromatic N) is 1. The van der Waals surface area contributed by atoms with Gasteiger partial charge in [0.15, 0.2) is 5.78 Å². The molecule has 0 unspecified atom stereocenters. The van der Waals surface area contributed by atoms with Gasteiger partial charge in [-0.25, -0.2) is 0 Å². The molecule has 1 aliphatic rings. The lowest BCUT2D eigenvalue weighted by atomic mass is 10.1. The number of benzene rings is 2. The summed E-state index contributed by atoms with van der Waals surface area (Å²) < 4.78 is 10.7. The minimum absolute atomic E-state index is 0.0406. The van der Waals surface area contributed by atoms with E-state index in [0.717, 1.165) is 18.4 Å². The molecule has 1 fully saturated rings. The zero-order valence-electron chi connectivity index (χ0n) is 16.3. The Kier molecular flexibility index (Phi) is 6.66. The normalized spacial score (nSPS) is 16.6. The van der Waals surface area contributed by atoms with E-state index < -0.39 is 0 Å². The number of carbonyl (C=O) groups is 2. The van der Waals surface area contributed by atoms with E-state index in [1.165, 1.54) is 14.2 Å². The Morgan fingerprint density at radius 3 is 2.36 bits per heavy atom. The SMILES string of the molecule is COc1cccc(OC)c1C(=O)CN1CCC[C@H]1C(=O)NCc1ccccc1. The quantitative estimate of drug-likeness (QED) is 0.711. The molecule has 0 saturated carbocycles. The van der Waals surface area contributed by atoms with E-state index in [1.807, 2.05) is 35.2 Å². The van der Waals surface area contributed by atoms with Gasteiger partial charge in [0.05, 0.1) is 26.8 Å². The Balaban J connectivity index is 1.66. The van der Waals surface area contributed by atoms with Crippen LogP contribution >= 0.6 is 0 Å². The van der Waals surface area contributed by atoms with Gasteiger partial charge in [-0.3, -0.25) is 14.5 Å². The molecule has 1 heterocycles. The van der Waals surface area contributed by atoms with Gasteiger partial charge in [-0.2, -0.15) is 0 Å². The van der Waals surface area contributed by atoms with E-state index in [1.54, 1.807) is 18.2 Å². The summed E-state index contributed by atoms with van der Waals surface area (Å²) in [5, 5.41) is 2.99. The summed E-state index contributed by atoms with van der Waals surface area (Å²) in [5.74, 6) is 0.806. The number of amides is 1. The Hall–Kier alpha value is -2.86. The number of ketones is 1. The van der Waals surface area contributed by atoms with Crippen molar-refractivity contribution in [3.8, 4) is 11.5 Å². The fraction of sp³-hybridized carbons (Fsp3) is 0.364. The lowest BCUT2D eigenvalue weighted by molar-refractivity contribution is -0.125. The molecule has 28 heavy (non-hydrogen) atoms. The Morgan fingerprint density at radius 1 is 1.04 bits per heavy atom. The molecule has 6 nitrogen and oxygen atoms in total. The summed E-state index contributed by atoms with van der Waals surface area (Å²) in [6, 6.07) is 14.8. The Labute approximate surface area is 165 Å². The number of Topliss-reactive ketones (excluding diaryl/α,β-unsaturated/α-hetero) is 1. The highest BCUT2D eigenvalue weighted by atomic mass is 16.5. The van der Waals surface area contributed by atoms with Crippen molar-refractivity contribution in [2.75, 3.05) is 27.3 Å². The van der Waals surface area contributed by atoms with Crippen molar-refractivity contribution >= 4 is 11.7 Å². The molecule has 0 spiro atoms. The van der Waals surface area contributed by atoms with Crippen molar-refractivity contribution in [2.24, 2.45) is 0 Å². The molecule has 1 amide bonds. The standard InChI is InChI=1S/C22H26N2O4/c1-27-19-11-6-12-20(28-2)21(19)18(25)15-24-13-7-10-17(24)22(26)23-14-16-8-4-3-5-9-16/h3-6,8-9,11-12,17H,7,10,13-15H2,1-2H3,(H,23,26)/t17-/m0/s1. The average Bonchev–Trinajstić information content (AvgIpc) is 3.20. The van der Waals surface area contributed by atoms with Gasteiger partial charge >= 0.3 is 0 Å². The van der Waals surface area contributed by atoms with Gasteiger partial charge in [0, 0.05) is 6.54 Å². The van der Waals surface area contributed by atoms with Crippen molar-refractivity contribution in [1.82, 2.24) is 10.2 Å². The van der Waals surface area contributed by atoms with Crippen LogP contribution in [0.3, 0.4) is 0 Å². The highest BCUT2D eigenvalue weighted by Crippen LogP contribution is 2.29. The number of hydrogen-bond acceptors (Lipinski definition) is 5. The van der Waals surface area contributed by atoms with Crippen molar-refractivity contribution in [2.45, 2.75) is 25.4 Å². The largest absolute Gasteiger partial charge is 0.496 e. The predicted molar refractivity (Wildman–Crippen MR) is 107 cm³/mol. The van der Waals surface area contributed by atoms with Crippen LogP contribution in [0, 0.1) is 0 Å². The molecular formula is C22H26N2O4. The molecule has 0 radical (unpaired) electrons. The van der Waals surface area contributed by atoms with E-state index in [2.05, 4.69) is 5.32 Å². The molecule has 148 valence electrons. The van der Waals surface area contributed by atoms with E-state index in [4.69, 9.17) is 9.47 Å². The van der Waals surface area contributed by atoms with Crippen LogP contribution in [0.1, 0.15) is 28.8 Å². The summed E-state index contributed by atoms with van der Waals surface area (Å²) in [6.45, 7) is 1.35. The van der Waals surface area contributed by atoms with Gasteiger partial charge in [0.2, 0.25) is 5.91 Å². The molecule has 0 bridgehead atoms. The zero-order valence-corrected chi connectivity index (χ0v) is 16.3. The van der Waals surface area contributed by atoms with E-state index >= 15 is 0 Å². The first-order valence-electron chi connectivity index (χ1n) is 9.44. The van der Waals surface area contributed by atoms with Crippen LogP contribution in [0.2, 0.25) is 0 Å². The van der Waals surface area contributed by atoms with E-state index in [9.17, 15) is 9.59 Å². The lowest BCUT2D eigenvalue weighted by Gasteiger charge is -2.23. The Morgan fingerprint density at radius 2 is 1.71 bits per heavy atom. The predicted octanol–water partition coefficient (Wildman–Crippen LogP) is 2.67. The maximum absolute atomic E-state index is 13.0. The molecule has 1 N–H and O–H groups in total. The highest BCUT2D eigenvalue weighted by Gasteiger charge is 2.33. The maximum atomic E-state index is 13.0. The molecule has 0 aromatic heterocycles. The third-order valence-electron chi connectivity index (χ3n) is 5.03. The topological polar surface area (TPSA) is 67.9 Å². The van der Waals surface area contributed by atoms with Crippen molar-refractivity contribution in [3.05, 3.63) is 59.7 Å². The van der Waals surface area contributed by atoms with Gasteiger partial charge in [-0.15, -0.1) is 0 Å². The molecule has 0 aliphatic carbocycles. The Bertz CT molecular complexity index is 800. The molecule has 1 atom stereocenters. The summed E-state index contributed by atoms with van der Waals surface area (Å²) in [4.78, 5) is 27.6. The van der Waals surface area contributed by atoms with Gasteiger partial charge < -0.3 is 14.8 Å². The first-order valence-corrected chi connectivity index (χ1v) is 9.44. The van der Waals surface area contributed by atoms with Crippen LogP contribution < -0.4 is 14.8 Å². The molecule has 3 rings (SSSR count). The number of nitrogens with one attached hydrogen (secondary N) is 1. The third-order valence-corrected chi connectivity index (χ3v) is 5.03.